The Labute approximate surface area is 82.0 Å². The van der Waals surface area contributed by atoms with Crippen molar-refractivity contribution in [3.8, 4) is 0 Å². The van der Waals surface area contributed by atoms with E-state index in [0.717, 1.165) is 11.8 Å². The Morgan fingerprint density at radius 3 is 2.85 bits per heavy atom. The zero-order chi connectivity index (χ0) is 9.68. The highest BCUT2D eigenvalue weighted by Crippen LogP contribution is 2.19. The summed E-state index contributed by atoms with van der Waals surface area (Å²) in [6.45, 7) is 0. The first-order valence-electron chi connectivity index (χ1n) is 3.89. The lowest BCUT2D eigenvalue weighted by atomic mass is 10.1. The van der Waals surface area contributed by atoms with Crippen molar-refractivity contribution >= 4 is 29.7 Å². The highest BCUT2D eigenvalue weighted by molar-refractivity contribution is 6.30. The van der Waals surface area contributed by atoms with E-state index in [9.17, 15) is 4.79 Å². The van der Waals surface area contributed by atoms with Crippen LogP contribution in [0.2, 0.25) is 5.02 Å². The number of carbonyl (C=O) groups is 1. The molecule has 68 valence electrons. The van der Waals surface area contributed by atoms with Crippen molar-refractivity contribution in [2.75, 3.05) is 5.73 Å². The van der Waals surface area contributed by atoms with Crippen LogP contribution in [-0.2, 0) is 4.79 Å². The molecule has 0 fully saturated rings. The van der Waals surface area contributed by atoms with E-state index in [1.165, 1.54) is 0 Å². The van der Waals surface area contributed by atoms with Crippen LogP contribution in [0.3, 0.4) is 0 Å². The maximum absolute atomic E-state index is 10.0. The first kappa shape index (κ1) is 9.81. The molecule has 0 bridgehead atoms. The monoisotopic (exact) mass is 195 g/mol. The third-order valence-corrected chi connectivity index (χ3v) is 1.81. The first-order chi connectivity index (χ1) is 6.24. The van der Waals surface area contributed by atoms with Gasteiger partial charge in [-0.3, -0.25) is 0 Å². The molecule has 2 nitrogen and oxygen atoms in total. The molecular weight excluding hydrogens is 186 g/mol. The van der Waals surface area contributed by atoms with E-state index < -0.39 is 0 Å². The summed E-state index contributed by atoms with van der Waals surface area (Å²) in [7, 11) is 0. The molecule has 0 aromatic heterocycles. The van der Waals surface area contributed by atoms with Crippen LogP contribution < -0.4 is 5.73 Å². The third-order valence-electron chi connectivity index (χ3n) is 1.58. The zero-order valence-corrected chi connectivity index (χ0v) is 7.79. The zero-order valence-electron chi connectivity index (χ0n) is 7.03. The molecule has 0 aliphatic carbocycles. The minimum absolute atomic E-state index is 0.405. The summed E-state index contributed by atoms with van der Waals surface area (Å²) in [6, 6.07) is 5.26. The number of nitrogen functional groups attached to an aromatic ring is 1. The van der Waals surface area contributed by atoms with Crippen molar-refractivity contribution in [3.63, 3.8) is 0 Å². The lowest BCUT2D eigenvalue weighted by molar-refractivity contribution is -0.107. The first-order valence-corrected chi connectivity index (χ1v) is 4.27. The molecule has 0 saturated carbocycles. The minimum Gasteiger partial charge on any atom is -0.398 e. The van der Waals surface area contributed by atoms with Gasteiger partial charge in [-0.1, -0.05) is 29.8 Å². The second-order valence-electron chi connectivity index (χ2n) is 2.58. The Balaban J connectivity index is 2.83. The van der Waals surface area contributed by atoms with Gasteiger partial charge in [0.25, 0.3) is 0 Å². The molecular formula is C10H10ClNO. The molecule has 0 aliphatic rings. The predicted octanol–water partition coefficient (Wildman–Crippen LogP) is 2.52. The van der Waals surface area contributed by atoms with Crippen LogP contribution in [0.25, 0.3) is 6.08 Å². The molecule has 1 aromatic carbocycles. The van der Waals surface area contributed by atoms with E-state index in [1.807, 2.05) is 6.07 Å². The normalized spacial score (nSPS) is 10.5. The molecule has 2 N–H and O–H groups in total. The largest absolute Gasteiger partial charge is 0.398 e. The summed E-state index contributed by atoms with van der Waals surface area (Å²) < 4.78 is 0. The Hall–Kier alpha value is -1.28. The summed E-state index contributed by atoms with van der Waals surface area (Å²) in [4.78, 5) is 10.0. The number of aldehydes is 1. The van der Waals surface area contributed by atoms with Gasteiger partial charge in [0.2, 0.25) is 0 Å². The van der Waals surface area contributed by atoms with E-state index >= 15 is 0 Å². The number of anilines is 1. The van der Waals surface area contributed by atoms with Crippen molar-refractivity contribution < 1.29 is 4.79 Å². The molecule has 0 spiro atoms. The summed E-state index contributed by atoms with van der Waals surface area (Å²) in [5.41, 5.74) is 7.18. The van der Waals surface area contributed by atoms with E-state index in [0.29, 0.717) is 17.1 Å². The number of allylic oxidation sites excluding steroid dienone is 1. The molecule has 0 amide bonds. The fourth-order valence-electron chi connectivity index (χ4n) is 0.948. The molecule has 1 aromatic rings. The number of rotatable bonds is 3. The van der Waals surface area contributed by atoms with Crippen LogP contribution >= 0.6 is 11.6 Å². The van der Waals surface area contributed by atoms with E-state index in [4.69, 9.17) is 17.3 Å². The molecule has 0 heterocycles. The van der Waals surface area contributed by atoms with Crippen LogP contribution in [0, 0.1) is 0 Å². The highest BCUT2D eigenvalue weighted by atomic mass is 35.5. The molecule has 0 saturated heterocycles. The van der Waals surface area contributed by atoms with Gasteiger partial charge in [-0.2, -0.15) is 0 Å². The van der Waals surface area contributed by atoms with Gasteiger partial charge in [-0.05, 0) is 17.7 Å². The van der Waals surface area contributed by atoms with Crippen molar-refractivity contribution in [3.05, 3.63) is 34.9 Å². The van der Waals surface area contributed by atoms with Gasteiger partial charge >= 0.3 is 0 Å². The van der Waals surface area contributed by atoms with Gasteiger partial charge in [-0.15, -0.1) is 0 Å². The Kier molecular flexibility index (Phi) is 3.53. The minimum atomic E-state index is 0.405. The second-order valence-corrected chi connectivity index (χ2v) is 3.01. The molecule has 13 heavy (non-hydrogen) atoms. The lowest BCUT2D eigenvalue weighted by Gasteiger charge is -1.99. The maximum Gasteiger partial charge on any atom is 0.123 e. The molecule has 3 heteroatoms. The van der Waals surface area contributed by atoms with Crippen LogP contribution in [0.15, 0.2) is 24.3 Å². The number of hydrogen-bond acceptors (Lipinski definition) is 2. The van der Waals surface area contributed by atoms with E-state index in [1.54, 1.807) is 24.3 Å². The summed E-state index contributed by atoms with van der Waals surface area (Å²) in [5.74, 6) is 0. The predicted molar refractivity (Wildman–Crippen MR) is 55.6 cm³/mol. The standard InChI is InChI=1S/C10H10ClNO/c11-9-5-4-8(10(12)7-9)3-1-2-6-13/h1,3-7H,2,12H2. The number of hydrogen-bond donors (Lipinski definition) is 1. The summed E-state index contributed by atoms with van der Waals surface area (Å²) in [5, 5.41) is 0.616. The number of halogens is 1. The molecule has 0 aliphatic heterocycles. The lowest BCUT2D eigenvalue weighted by Crippen LogP contribution is -1.88. The average Bonchev–Trinajstić information content (AvgIpc) is 2.09. The van der Waals surface area contributed by atoms with E-state index in [-0.39, 0.29) is 0 Å². The van der Waals surface area contributed by atoms with Gasteiger partial charge in [0.05, 0.1) is 0 Å². The topological polar surface area (TPSA) is 43.1 Å². The Bertz CT molecular complexity index is 334. The number of benzene rings is 1. The van der Waals surface area contributed by atoms with Crippen LogP contribution in [0.5, 0.6) is 0 Å². The summed E-state index contributed by atoms with van der Waals surface area (Å²) >= 11 is 5.72. The molecule has 1 rings (SSSR count). The maximum atomic E-state index is 10.0. The van der Waals surface area contributed by atoms with Crippen LogP contribution in [0.4, 0.5) is 5.69 Å². The average molecular weight is 196 g/mol. The van der Waals surface area contributed by atoms with Crippen molar-refractivity contribution in [2.24, 2.45) is 0 Å². The van der Waals surface area contributed by atoms with Crippen molar-refractivity contribution in [1.29, 1.82) is 0 Å². The summed E-state index contributed by atoms with van der Waals surface area (Å²) in [6.07, 6.45) is 4.80. The third kappa shape index (κ3) is 2.92. The van der Waals surface area contributed by atoms with Gasteiger partial charge in [0.1, 0.15) is 6.29 Å². The highest BCUT2D eigenvalue weighted by Gasteiger charge is 1.94. The smallest absolute Gasteiger partial charge is 0.123 e. The Morgan fingerprint density at radius 1 is 1.46 bits per heavy atom. The number of carbonyl (C=O) groups excluding carboxylic acids is 1. The number of nitrogens with two attached hydrogens (primary N) is 1. The molecule has 0 unspecified atom stereocenters. The van der Waals surface area contributed by atoms with Crippen LogP contribution in [0.1, 0.15) is 12.0 Å². The van der Waals surface area contributed by atoms with Gasteiger partial charge in [0, 0.05) is 17.1 Å². The van der Waals surface area contributed by atoms with Crippen molar-refractivity contribution in [1.82, 2.24) is 0 Å². The quantitative estimate of drug-likeness (QED) is 0.595. The molecule has 0 atom stereocenters. The van der Waals surface area contributed by atoms with E-state index in [2.05, 4.69) is 0 Å². The molecule has 0 radical (unpaired) electrons. The van der Waals surface area contributed by atoms with Gasteiger partial charge in [0.15, 0.2) is 0 Å². The van der Waals surface area contributed by atoms with Crippen molar-refractivity contribution in [2.45, 2.75) is 6.42 Å². The van der Waals surface area contributed by atoms with Gasteiger partial charge in [-0.25, -0.2) is 0 Å². The SMILES string of the molecule is Nc1cc(Cl)ccc1C=CCC=O. The second kappa shape index (κ2) is 4.67. The van der Waals surface area contributed by atoms with Gasteiger partial charge < -0.3 is 10.5 Å². The fraction of sp³-hybridized carbons (Fsp3) is 0.100. The van der Waals surface area contributed by atoms with Crippen LogP contribution in [-0.4, -0.2) is 6.29 Å². The fourth-order valence-corrected chi connectivity index (χ4v) is 1.13. The Morgan fingerprint density at radius 2 is 2.23 bits per heavy atom.